The molecule has 3 heterocycles. The van der Waals surface area contributed by atoms with E-state index in [1.54, 1.807) is 18.6 Å². The molecule has 2 N–H and O–H groups in total. The van der Waals surface area contributed by atoms with Gasteiger partial charge in [0, 0.05) is 24.5 Å². The van der Waals surface area contributed by atoms with Crippen LogP contribution in [0.3, 0.4) is 0 Å². The van der Waals surface area contributed by atoms with Gasteiger partial charge in [0.15, 0.2) is 5.65 Å². The van der Waals surface area contributed by atoms with Crippen LogP contribution in [-0.4, -0.2) is 31.7 Å². The molecule has 0 saturated carbocycles. The van der Waals surface area contributed by atoms with Gasteiger partial charge in [-0.1, -0.05) is 6.92 Å². The second kappa shape index (κ2) is 5.01. The molecule has 0 aliphatic heterocycles. The van der Waals surface area contributed by atoms with Crippen LogP contribution >= 0.6 is 0 Å². The van der Waals surface area contributed by atoms with Crippen molar-refractivity contribution in [1.82, 2.24) is 25.1 Å². The van der Waals surface area contributed by atoms with Gasteiger partial charge in [-0.05, 0) is 18.6 Å². The molecule has 0 aliphatic carbocycles. The topological polar surface area (TPSA) is 79.4 Å². The largest absolute Gasteiger partial charge is 0.354 e. The Hall–Kier alpha value is -2.50. The normalized spacial score (nSPS) is 10.8. The van der Waals surface area contributed by atoms with Crippen LogP contribution < -0.4 is 5.32 Å². The van der Waals surface area contributed by atoms with Crippen LogP contribution in [0.4, 0.5) is 5.95 Å². The summed E-state index contributed by atoms with van der Waals surface area (Å²) in [5.74, 6) is 0.616. The second-order valence-corrected chi connectivity index (χ2v) is 4.19. The quantitative estimate of drug-likeness (QED) is 0.746. The summed E-state index contributed by atoms with van der Waals surface area (Å²) in [7, 11) is 0. The maximum Gasteiger partial charge on any atom is 0.225 e. The van der Waals surface area contributed by atoms with E-state index in [4.69, 9.17) is 0 Å². The fourth-order valence-electron chi connectivity index (χ4n) is 1.88. The molecule has 0 aromatic carbocycles. The van der Waals surface area contributed by atoms with Crippen LogP contribution in [-0.2, 0) is 0 Å². The predicted molar refractivity (Wildman–Crippen MR) is 73.7 cm³/mol. The number of hydrogen-bond acceptors (Lipinski definition) is 5. The summed E-state index contributed by atoms with van der Waals surface area (Å²) in [6.07, 6.45) is 6.27. The Morgan fingerprint density at radius 3 is 2.84 bits per heavy atom. The van der Waals surface area contributed by atoms with E-state index < -0.39 is 0 Å². The number of hydrogen-bond donors (Lipinski definition) is 2. The molecular formula is C13H14N6. The molecule has 0 saturated heterocycles. The fourth-order valence-corrected chi connectivity index (χ4v) is 1.88. The lowest BCUT2D eigenvalue weighted by molar-refractivity contribution is 0.955. The predicted octanol–water partition coefficient (Wildman–Crippen LogP) is 2.24. The van der Waals surface area contributed by atoms with Crippen LogP contribution in [0, 0.1) is 0 Å². The highest BCUT2D eigenvalue weighted by molar-refractivity contribution is 5.90. The van der Waals surface area contributed by atoms with Gasteiger partial charge in [-0.25, -0.2) is 4.98 Å². The lowest BCUT2D eigenvalue weighted by Crippen LogP contribution is -2.05. The first-order valence-electron chi connectivity index (χ1n) is 6.24. The molecule has 0 spiro atoms. The summed E-state index contributed by atoms with van der Waals surface area (Å²) in [5.41, 5.74) is 2.60. The van der Waals surface area contributed by atoms with Crippen LogP contribution in [0.15, 0.2) is 30.7 Å². The van der Waals surface area contributed by atoms with Crippen LogP contribution in [0.1, 0.15) is 13.3 Å². The standard InChI is InChI=1S/C13H14N6/c1-2-5-15-13-17-11(9-3-6-14-7-4-9)10-8-16-19-12(10)18-13/h3-4,6-8H,2,5H2,1H3,(H2,15,16,17,18,19). The number of H-pyrrole nitrogens is 1. The van der Waals surface area contributed by atoms with Gasteiger partial charge in [-0.15, -0.1) is 0 Å². The van der Waals surface area contributed by atoms with E-state index in [2.05, 4.69) is 37.4 Å². The summed E-state index contributed by atoms with van der Waals surface area (Å²) < 4.78 is 0. The third-order valence-electron chi connectivity index (χ3n) is 2.80. The lowest BCUT2D eigenvalue weighted by atomic mass is 10.1. The van der Waals surface area contributed by atoms with Crippen molar-refractivity contribution in [3.63, 3.8) is 0 Å². The number of anilines is 1. The number of aromatic nitrogens is 5. The van der Waals surface area contributed by atoms with E-state index in [9.17, 15) is 0 Å². The average Bonchev–Trinajstić information content (AvgIpc) is 2.93. The first-order chi connectivity index (χ1) is 9.38. The van der Waals surface area contributed by atoms with Gasteiger partial charge in [0.2, 0.25) is 5.95 Å². The molecule has 0 unspecified atom stereocenters. The molecule has 3 aromatic rings. The SMILES string of the molecule is CCCNc1nc(-c2ccncc2)c2cn[nH]c2n1. The monoisotopic (exact) mass is 254 g/mol. The van der Waals surface area contributed by atoms with Crippen molar-refractivity contribution in [2.75, 3.05) is 11.9 Å². The molecule has 3 aromatic heterocycles. The minimum atomic E-state index is 0.616. The number of aromatic amines is 1. The van der Waals surface area contributed by atoms with E-state index >= 15 is 0 Å². The number of pyridine rings is 1. The highest BCUT2D eigenvalue weighted by atomic mass is 15.2. The van der Waals surface area contributed by atoms with Gasteiger partial charge in [0.05, 0.1) is 17.3 Å². The molecule has 6 heteroatoms. The highest BCUT2D eigenvalue weighted by Gasteiger charge is 2.10. The minimum absolute atomic E-state index is 0.616. The van der Waals surface area contributed by atoms with Crippen LogP contribution in [0.5, 0.6) is 0 Å². The Bertz CT molecular complexity index is 676. The van der Waals surface area contributed by atoms with E-state index in [0.29, 0.717) is 5.95 Å². The zero-order valence-corrected chi connectivity index (χ0v) is 10.6. The summed E-state index contributed by atoms with van der Waals surface area (Å²) in [6, 6.07) is 3.86. The Balaban J connectivity index is 2.13. The van der Waals surface area contributed by atoms with Gasteiger partial charge >= 0.3 is 0 Å². The van der Waals surface area contributed by atoms with Crippen molar-refractivity contribution in [3.8, 4) is 11.3 Å². The lowest BCUT2D eigenvalue weighted by Gasteiger charge is -2.06. The number of fused-ring (bicyclic) bond motifs is 1. The van der Waals surface area contributed by atoms with Gasteiger partial charge in [-0.2, -0.15) is 10.1 Å². The molecule has 0 atom stereocenters. The molecule has 0 radical (unpaired) electrons. The number of rotatable bonds is 4. The molecule has 0 amide bonds. The Morgan fingerprint density at radius 2 is 2.05 bits per heavy atom. The van der Waals surface area contributed by atoms with E-state index in [1.165, 1.54) is 0 Å². The molecule has 19 heavy (non-hydrogen) atoms. The van der Waals surface area contributed by atoms with Crippen molar-refractivity contribution in [2.24, 2.45) is 0 Å². The summed E-state index contributed by atoms with van der Waals surface area (Å²) >= 11 is 0. The van der Waals surface area contributed by atoms with Crippen molar-refractivity contribution >= 4 is 17.0 Å². The third-order valence-corrected chi connectivity index (χ3v) is 2.80. The Labute approximate surface area is 110 Å². The number of nitrogens with one attached hydrogen (secondary N) is 2. The van der Waals surface area contributed by atoms with E-state index in [1.807, 2.05) is 12.1 Å². The van der Waals surface area contributed by atoms with Gasteiger partial charge in [0.1, 0.15) is 0 Å². The minimum Gasteiger partial charge on any atom is -0.354 e. The molecule has 6 nitrogen and oxygen atoms in total. The van der Waals surface area contributed by atoms with E-state index in [0.717, 1.165) is 35.3 Å². The van der Waals surface area contributed by atoms with Gasteiger partial charge in [-0.3, -0.25) is 10.1 Å². The first-order valence-corrected chi connectivity index (χ1v) is 6.24. The van der Waals surface area contributed by atoms with Crippen LogP contribution in [0.25, 0.3) is 22.3 Å². The summed E-state index contributed by atoms with van der Waals surface area (Å²) in [6.45, 7) is 2.95. The molecule has 0 fully saturated rings. The first kappa shape index (κ1) is 11.6. The zero-order valence-electron chi connectivity index (χ0n) is 10.6. The van der Waals surface area contributed by atoms with Crippen molar-refractivity contribution in [3.05, 3.63) is 30.7 Å². The maximum atomic E-state index is 4.57. The van der Waals surface area contributed by atoms with Crippen LogP contribution in [0.2, 0.25) is 0 Å². The average molecular weight is 254 g/mol. The smallest absolute Gasteiger partial charge is 0.225 e. The zero-order chi connectivity index (χ0) is 13.1. The maximum absolute atomic E-state index is 4.57. The van der Waals surface area contributed by atoms with E-state index in [-0.39, 0.29) is 0 Å². The molecule has 0 bridgehead atoms. The Kier molecular flexibility index (Phi) is 3.06. The van der Waals surface area contributed by atoms with Gasteiger partial charge < -0.3 is 5.32 Å². The van der Waals surface area contributed by atoms with Crippen molar-refractivity contribution in [1.29, 1.82) is 0 Å². The summed E-state index contributed by atoms with van der Waals surface area (Å²) in [4.78, 5) is 13.0. The van der Waals surface area contributed by atoms with Crippen molar-refractivity contribution < 1.29 is 0 Å². The Morgan fingerprint density at radius 1 is 1.21 bits per heavy atom. The molecule has 0 aliphatic rings. The third kappa shape index (κ3) is 2.24. The van der Waals surface area contributed by atoms with Gasteiger partial charge in [0.25, 0.3) is 0 Å². The molecular weight excluding hydrogens is 240 g/mol. The second-order valence-electron chi connectivity index (χ2n) is 4.19. The number of nitrogens with zero attached hydrogens (tertiary/aromatic N) is 4. The molecule has 96 valence electrons. The summed E-state index contributed by atoms with van der Waals surface area (Å²) in [5, 5.41) is 11.0. The highest BCUT2D eigenvalue weighted by Crippen LogP contribution is 2.25. The fraction of sp³-hybridized carbons (Fsp3) is 0.231. The molecule has 3 rings (SSSR count). The van der Waals surface area contributed by atoms with Crippen molar-refractivity contribution in [2.45, 2.75) is 13.3 Å².